The van der Waals surface area contributed by atoms with Crippen LogP contribution in [0.25, 0.3) is 10.4 Å². The first kappa shape index (κ1) is 44.1. The Kier molecular flexibility index (Phi) is 15.9. The van der Waals surface area contributed by atoms with Gasteiger partial charge in [-0.1, -0.05) is 18.0 Å². The summed E-state index contributed by atoms with van der Waals surface area (Å²) in [6.07, 6.45) is -5.52. The normalized spacial score (nSPS) is 24.4. The first-order chi connectivity index (χ1) is 25.9. The van der Waals surface area contributed by atoms with Gasteiger partial charge in [0, 0.05) is 38.2 Å². The van der Waals surface area contributed by atoms with Gasteiger partial charge in [-0.3, -0.25) is 28.8 Å². The largest absolute Gasteiger partial charge is 0.465 e. The van der Waals surface area contributed by atoms with Crippen LogP contribution in [0.4, 0.5) is 0 Å². The van der Waals surface area contributed by atoms with Crippen molar-refractivity contribution in [1.29, 1.82) is 0 Å². The second kappa shape index (κ2) is 19.9. The maximum Gasteiger partial charge on any atom is 0.366 e. The number of nitrogens with zero attached hydrogens (tertiary/aromatic N) is 3. The van der Waals surface area contributed by atoms with Crippen molar-refractivity contribution in [3.05, 3.63) is 39.3 Å². The van der Waals surface area contributed by atoms with Crippen molar-refractivity contribution in [1.82, 2.24) is 10.6 Å². The summed E-state index contributed by atoms with van der Waals surface area (Å²) in [7, 11) is 1.06. The number of nitrogens with one attached hydrogen (secondary N) is 2. The Labute approximate surface area is 317 Å². The molecule has 3 rings (SSSR count). The molecule has 302 valence electrons. The van der Waals surface area contributed by atoms with Gasteiger partial charge in [0.15, 0.2) is 12.2 Å². The van der Waals surface area contributed by atoms with E-state index in [2.05, 4.69) is 20.7 Å². The number of benzene rings is 1. The van der Waals surface area contributed by atoms with Crippen molar-refractivity contribution in [2.45, 2.75) is 122 Å². The predicted octanol–water partition coefficient (Wildman–Crippen LogP) is 1.49. The number of methoxy groups -OCH3 is 1. The summed E-state index contributed by atoms with van der Waals surface area (Å²) < 4.78 is 39.8. The molecule has 1 aromatic carbocycles. The summed E-state index contributed by atoms with van der Waals surface area (Å²) in [6, 6.07) is 0.918. The number of esters is 5. The highest BCUT2D eigenvalue weighted by atomic mass is 16.7. The monoisotopic (exact) mass is 776 g/mol. The lowest BCUT2D eigenvalue weighted by Crippen LogP contribution is -2.69. The summed E-state index contributed by atoms with van der Waals surface area (Å²) in [4.78, 5) is 91.3. The Balaban J connectivity index is 2.06. The molecule has 1 saturated heterocycles. The number of amides is 2. The molecule has 0 aromatic heterocycles. The van der Waals surface area contributed by atoms with Crippen LogP contribution >= 0.6 is 0 Å². The van der Waals surface area contributed by atoms with Crippen LogP contribution in [0.2, 0.25) is 0 Å². The molecule has 2 fully saturated rings. The zero-order chi connectivity index (χ0) is 41.0. The first-order valence-electron chi connectivity index (χ1n) is 17.5. The van der Waals surface area contributed by atoms with E-state index < -0.39 is 110 Å². The average Bonchev–Trinajstić information content (AvgIpc) is 3.10. The summed E-state index contributed by atoms with van der Waals surface area (Å²) >= 11 is 0. The average molecular weight is 777 g/mol. The fourth-order valence-electron chi connectivity index (χ4n) is 6.65. The van der Waals surface area contributed by atoms with Gasteiger partial charge in [0.1, 0.15) is 24.5 Å². The zero-order valence-electron chi connectivity index (χ0n) is 31.8. The summed E-state index contributed by atoms with van der Waals surface area (Å²) in [5.41, 5.74) is 16.4. The number of carbonyl (C=O) groups excluding carboxylic acids is 7. The number of azide groups is 1. The summed E-state index contributed by atoms with van der Waals surface area (Å²) in [5.74, 6) is -7.54. The molecule has 1 aromatic rings. The highest BCUT2D eigenvalue weighted by molar-refractivity contribution is 5.95. The Morgan fingerprint density at radius 2 is 1.60 bits per heavy atom. The van der Waals surface area contributed by atoms with Gasteiger partial charge in [-0.05, 0) is 55.5 Å². The van der Waals surface area contributed by atoms with Gasteiger partial charge >= 0.3 is 29.8 Å². The predicted molar refractivity (Wildman–Crippen MR) is 188 cm³/mol. The van der Waals surface area contributed by atoms with Gasteiger partial charge in [-0.2, -0.15) is 0 Å². The molecule has 0 spiro atoms. The van der Waals surface area contributed by atoms with Crippen LogP contribution < -0.4 is 21.1 Å². The zero-order valence-corrected chi connectivity index (χ0v) is 31.8. The third kappa shape index (κ3) is 12.1. The van der Waals surface area contributed by atoms with Gasteiger partial charge in [0.05, 0.1) is 38.3 Å². The van der Waals surface area contributed by atoms with Crippen molar-refractivity contribution in [3.63, 3.8) is 0 Å². The maximum absolute atomic E-state index is 13.7. The molecule has 0 bridgehead atoms. The van der Waals surface area contributed by atoms with E-state index in [1.165, 1.54) is 19.1 Å². The molecule has 4 N–H and O–H groups in total. The van der Waals surface area contributed by atoms with E-state index in [1.807, 2.05) is 0 Å². The lowest BCUT2D eigenvalue weighted by molar-refractivity contribution is -0.326. The van der Waals surface area contributed by atoms with Crippen LogP contribution in [0.5, 0.6) is 5.75 Å². The molecule has 1 unspecified atom stereocenters. The van der Waals surface area contributed by atoms with Crippen LogP contribution in [0, 0.1) is 13.8 Å². The summed E-state index contributed by atoms with van der Waals surface area (Å²) in [5, 5.41) is 8.66. The minimum absolute atomic E-state index is 0.156. The van der Waals surface area contributed by atoms with Gasteiger partial charge in [-0.15, -0.1) is 0 Å². The highest BCUT2D eigenvalue weighted by Crippen LogP contribution is 2.39. The van der Waals surface area contributed by atoms with Crippen molar-refractivity contribution >= 4 is 41.7 Å². The van der Waals surface area contributed by atoms with Gasteiger partial charge in [-0.25, -0.2) is 4.79 Å². The van der Waals surface area contributed by atoms with Crippen molar-refractivity contribution in [2.24, 2.45) is 10.8 Å². The molecular formula is C35H48N6O14. The molecule has 1 saturated carbocycles. The fourth-order valence-corrected chi connectivity index (χ4v) is 6.65. The Morgan fingerprint density at radius 3 is 2.16 bits per heavy atom. The number of hydrogen-bond acceptors (Lipinski definition) is 16. The quantitative estimate of drug-likeness (QED) is 0.0568. The minimum atomic E-state index is -2.40. The van der Waals surface area contributed by atoms with E-state index in [-0.39, 0.29) is 11.3 Å². The van der Waals surface area contributed by atoms with Crippen LogP contribution in [-0.2, 0) is 57.2 Å². The standard InChI is InChI=1S/C35H48N6O14/c1-17-12-23(13-18(2)30(17)52-21(5)44)33(47)38-15-27(51-20(4)43)31(53-22(6)45)32-29(36)26(50-19(3)42)14-35(55-32,34(48)49-7)54-25-11-9-8-10-24(25)40-28(46)16-39-41-37/h12-13,24-27,29,31-32H,8-11,14-16,36H2,1-7H3,(H,38,47)(H,40,46)/t24-,25+,26+,27-,29-,31-,32?,35-/m1/s1. The number of aryl methyl sites for hydroxylation is 2. The number of ether oxygens (including phenoxy) is 7. The number of rotatable bonds is 15. The molecule has 1 aliphatic heterocycles. The van der Waals surface area contributed by atoms with Crippen LogP contribution in [0.15, 0.2) is 17.2 Å². The molecular weight excluding hydrogens is 728 g/mol. The molecule has 1 heterocycles. The second-order valence-corrected chi connectivity index (χ2v) is 13.2. The molecule has 2 amide bonds. The van der Waals surface area contributed by atoms with E-state index in [9.17, 15) is 33.6 Å². The van der Waals surface area contributed by atoms with E-state index in [1.54, 1.807) is 13.8 Å². The lowest BCUT2D eigenvalue weighted by atomic mass is 9.87. The molecule has 2 aliphatic rings. The lowest BCUT2D eigenvalue weighted by Gasteiger charge is -2.49. The molecule has 20 heteroatoms. The number of carbonyl (C=O) groups is 7. The van der Waals surface area contributed by atoms with Crippen LogP contribution in [-0.4, -0.2) is 110 Å². The van der Waals surface area contributed by atoms with Gasteiger partial charge in [0.25, 0.3) is 11.7 Å². The van der Waals surface area contributed by atoms with Gasteiger partial charge in [0.2, 0.25) is 5.91 Å². The van der Waals surface area contributed by atoms with Crippen LogP contribution in [0.3, 0.4) is 0 Å². The molecule has 55 heavy (non-hydrogen) atoms. The van der Waals surface area contributed by atoms with Gasteiger partial charge < -0.3 is 49.5 Å². The maximum atomic E-state index is 13.7. The van der Waals surface area contributed by atoms with E-state index >= 15 is 0 Å². The van der Waals surface area contributed by atoms with E-state index in [4.69, 9.17) is 44.4 Å². The van der Waals surface area contributed by atoms with E-state index in [0.717, 1.165) is 27.9 Å². The minimum Gasteiger partial charge on any atom is -0.465 e. The van der Waals surface area contributed by atoms with Crippen molar-refractivity contribution in [3.8, 4) is 5.75 Å². The first-order valence-corrected chi connectivity index (χ1v) is 17.5. The van der Waals surface area contributed by atoms with Crippen LogP contribution in [0.1, 0.15) is 81.3 Å². The smallest absolute Gasteiger partial charge is 0.366 e. The Bertz CT molecular complexity index is 1660. The fraction of sp³-hybridized carbons (Fsp3) is 0.629. The molecule has 1 aliphatic carbocycles. The SMILES string of the molecule is COC(=O)[C@@]1(O[C@H]2CCCC[C@H]2NC(=O)CN=[N+]=[N-])C[C@H](OC(C)=O)[C@@H](N)C([C@H](OC(C)=O)[C@@H](CNC(=O)c2cc(C)c(OC(C)=O)c(C)c2)OC(C)=O)O1. The Morgan fingerprint density at radius 1 is 0.964 bits per heavy atom. The molecule has 0 radical (unpaired) electrons. The third-order valence-corrected chi connectivity index (χ3v) is 8.83. The highest BCUT2D eigenvalue weighted by Gasteiger charge is 2.59. The molecule has 20 nitrogen and oxygen atoms in total. The second-order valence-electron chi connectivity index (χ2n) is 13.2. The molecule has 8 atom stereocenters. The van der Waals surface area contributed by atoms with Crippen molar-refractivity contribution < 1.29 is 66.7 Å². The third-order valence-electron chi connectivity index (χ3n) is 8.83. The van der Waals surface area contributed by atoms with Crippen molar-refractivity contribution in [2.75, 3.05) is 20.2 Å². The Hall–Kier alpha value is -5.30. The summed E-state index contributed by atoms with van der Waals surface area (Å²) in [6.45, 7) is 6.80. The topological polar surface area (TPSA) is 283 Å². The number of nitrogens with two attached hydrogens (primary N) is 1. The number of hydrogen-bond donors (Lipinski definition) is 3. The van der Waals surface area contributed by atoms with E-state index in [0.29, 0.717) is 36.8 Å².